The topological polar surface area (TPSA) is 102 Å². The zero-order valence-corrected chi connectivity index (χ0v) is 18.4. The van der Waals surface area contributed by atoms with Crippen molar-refractivity contribution in [1.29, 1.82) is 0 Å². The monoisotopic (exact) mass is 414 g/mol. The van der Waals surface area contributed by atoms with Crippen molar-refractivity contribution in [2.45, 2.75) is 89.6 Å². The van der Waals surface area contributed by atoms with Crippen LogP contribution in [-0.2, 0) is 10.2 Å². The van der Waals surface area contributed by atoms with Crippen LogP contribution in [0.25, 0.3) is 0 Å². The molecule has 4 aliphatic carbocycles. The van der Waals surface area contributed by atoms with Gasteiger partial charge in [0, 0.05) is 6.54 Å². The van der Waals surface area contributed by atoms with Gasteiger partial charge in [-0.15, -0.1) is 0 Å². The molecule has 1 amide bonds. The van der Waals surface area contributed by atoms with E-state index in [0.29, 0.717) is 18.9 Å². The highest BCUT2D eigenvalue weighted by atomic mass is 16.5. The molecule has 0 radical (unpaired) electrons. The number of hydrogen-bond donors (Lipinski definition) is 1. The molecule has 0 spiro atoms. The predicted molar refractivity (Wildman–Crippen MR) is 111 cm³/mol. The highest BCUT2D eigenvalue weighted by molar-refractivity contribution is 6.00. The van der Waals surface area contributed by atoms with Crippen LogP contribution >= 0.6 is 0 Å². The van der Waals surface area contributed by atoms with E-state index in [4.69, 9.17) is 10.3 Å². The normalized spacial score (nSPS) is 36.3. The van der Waals surface area contributed by atoms with Crippen LogP contribution in [-0.4, -0.2) is 45.4 Å². The van der Waals surface area contributed by atoms with E-state index in [-0.39, 0.29) is 28.3 Å². The van der Waals surface area contributed by atoms with Gasteiger partial charge in [-0.05, 0) is 74.5 Å². The lowest BCUT2D eigenvalue weighted by Crippen LogP contribution is -2.53. The maximum Gasteiger partial charge on any atom is 0.240 e. The molecule has 2 atom stereocenters. The summed E-state index contributed by atoms with van der Waals surface area (Å²) in [5, 5.41) is 4.10. The van der Waals surface area contributed by atoms with Gasteiger partial charge in [-0.1, -0.05) is 25.9 Å². The molecule has 2 heterocycles. The lowest BCUT2D eigenvalue weighted by Gasteiger charge is -2.55. The molecule has 1 aromatic heterocycles. The van der Waals surface area contributed by atoms with Crippen molar-refractivity contribution >= 4 is 11.7 Å². The number of likely N-dealkylation sites (tertiary alicyclic amines) is 1. The molecule has 30 heavy (non-hydrogen) atoms. The minimum absolute atomic E-state index is 0.0277. The van der Waals surface area contributed by atoms with E-state index >= 15 is 0 Å². The van der Waals surface area contributed by atoms with E-state index < -0.39 is 12.1 Å². The zero-order chi connectivity index (χ0) is 21.3. The molecule has 6 rings (SSSR count). The number of carbonyl (C=O) groups is 2. The van der Waals surface area contributed by atoms with Gasteiger partial charge in [-0.3, -0.25) is 9.59 Å². The second kappa shape index (κ2) is 6.87. The number of hydrogen-bond acceptors (Lipinski definition) is 6. The van der Waals surface area contributed by atoms with Gasteiger partial charge < -0.3 is 15.2 Å². The van der Waals surface area contributed by atoms with Crippen LogP contribution in [0, 0.1) is 23.2 Å². The summed E-state index contributed by atoms with van der Waals surface area (Å²) >= 11 is 0. The van der Waals surface area contributed by atoms with E-state index in [2.05, 4.69) is 10.1 Å². The Morgan fingerprint density at radius 3 is 2.30 bits per heavy atom. The van der Waals surface area contributed by atoms with Crippen LogP contribution in [0.2, 0.25) is 0 Å². The van der Waals surface area contributed by atoms with Crippen LogP contribution in [0.1, 0.15) is 88.6 Å². The van der Waals surface area contributed by atoms with E-state index in [9.17, 15) is 9.59 Å². The summed E-state index contributed by atoms with van der Waals surface area (Å²) in [6.45, 7) is 6.39. The van der Waals surface area contributed by atoms with Gasteiger partial charge in [0.15, 0.2) is 0 Å². The Morgan fingerprint density at radius 2 is 1.73 bits per heavy atom. The van der Waals surface area contributed by atoms with Crippen molar-refractivity contribution in [2.75, 3.05) is 6.54 Å². The van der Waals surface area contributed by atoms with Crippen LogP contribution < -0.4 is 5.73 Å². The van der Waals surface area contributed by atoms with E-state index in [1.54, 1.807) is 4.90 Å². The van der Waals surface area contributed by atoms with Gasteiger partial charge in [0.2, 0.25) is 23.4 Å². The molecule has 1 saturated heterocycles. The maximum atomic E-state index is 13.3. The average molecular weight is 415 g/mol. The molecule has 5 aliphatic rings. The fourth-order valence-electron chi connectivity index (χ4n) is 6.91. The Balaban J connectivity index is 1.35. The zero-order valence-electron chi connectivity index (χ0n) is 18.4. The number of carbonyl (C=O) groups excluding carboxylic acids is 2. The van der Waals surface area contributed by atoms with Crippen molar-refractivity contribution < 1.29 is 14.1 Å². The van der Waals surface area contributed by atoms with Gasteiger partial charge >= 0.3 is 0 Å². The highest BCUT2D eigenvalue weighted by Gasteiger charge is 2.54. The van der Waals surface area contributed by atoms with Crippen molar-refractivity contribution in [3.05, 3.63) is 11.7 Å². The maximum absolute atomic E-state index is 13.3. The number of rotatable bonds is 4. The molecule has 1 aromatic rings. The molecular formula is C23H34N4O3. The second-order valence-corrected chi connectivity index (χ2v) is 11.5. The molecule has 7 heteroatoms. The summed E-state index contributed by atoms with van der Waals surface area (Å²) in [6, 6.07) is -1.17. The molecule has 164 valence electrons. The lowest BCUT2D eigenvalue weighted by molar-refractivity contribution is -0.135. The predicted octanol–water partition coefficient (Wildman–Crippen LogP) is 3.08. The summed E-state index contributed by atoms with van der Waals surface area (Å²) in [4.78, 5) is 32.5. The summed E-state index contributed by atoms with van der Waals surface area (Å²) in [5.74, 6) is 2.73. The molecule has 1 aliphatic heterocycles. The van der Waals surface area contributed by atoms with Crippen LogP contribution in [0.4, 0.5) is 0 Å². The smallest absolute Gasteiger partial charge is 0.240 e. The molecule has 2 unspecified atom stereocenters. The Bertz CT molecular complexity index is 820. The Hall–Kier alpha value is -1.76. The number of amides is 1. The molecular weight excluding hydrogens is 380 g/mol. The van der Waals surface area contributed by atoms with Gasteiger partial charge in [-0.25, -0.2) is 0 Å². The Kier molecular flexibility index (Phi) is 4.62. The van der Waals surface area contributed by atoms with Crippen molar-refractivity contribution in [3.8, 4) is 0 Å². The molecule has 5 fully saturated rings. The van der Waals surface area contributed by atoms with Gasteiger partial charge in [0.1, 0.15) is 0 Å². The fourth-order valence-corrected chi connectivity index (χ4v) is 6.91. The van der Waals surface area contributed by atoms with Crippen LogP contribution in [0.3, 0.4) is 0 Å². The SMILES string of the molecule is CC(C)(C)C(N)C(=O)N1CCCC1C(=O)c1noc(C23CC4CC(CC(C4)C2)C3)n1. The van der Waals surface area contributed by atoms with Crippen LogP contribution in [0.5, 0.6) is 0 Å². The van der Waals surface area contributed by atoms with E-state index in [0.717, 1.165) is 43.4 Å². The van der Waals surface area contributed by atoms with E-state index in [1.807, 2.05) is 20.8 Å². The minimum atomic E-state index is -0.640. The minimum Gasteiger partial charge on any atom is -0.338 e. The summed E-state index contributed by atoms with van der Waals surface area (Å²) < 4.78 is 5.72. The first kappa shape index (κ1) is 20.2. The van der Waals surface area contributed by atoms with Gasteiger partial charge in [-0.2, -0.15) is 4.98 Å². The summed E-state index contributed by atoms with van der Waals surface area (Å²) in [6.07, 6.45) is 8.78. The first-order chi connectivity index (χ1) is 14.2. The number of nitrogens with zero attached hydrogens (tertiary/aromatic N) is 3. The number of aromatic nitrogens is 2. The molecule has 4 bridgehead atoms. The largest absolute Gasteiger partial charge is 0.338 e. The third-order valence-corrected chi connectivity index (χ3v) is 8.18. The lowest BCUT2D eigenvalue weighted by atomic mass is 9.49. The third-order valence-electron chi connectivity index (χ3n) is 8.18. The Labute approximate surface area is 178 Å². The second-order valence-electron chi connectivity index (χ2n) is 11.5. The van der Waals surface area contributed by atoms with Gasteiger partial charge in [0.25, 0.3) is 0 Å². The molecule has 0 aromatic carbocycles. The molecule has 2 N–H and O–H groups in total. The fraction of sp³-hybridized carbons (Fsp3) is 0.826. The standard InChI is InChI=1S/C23H34N4O3/c1-22(2,3)18(24)20(29)27-6-4-5-16(27)17(28)19-25-21(30-26-19)23-10-13-7-14(11-23)9-15(8-13)12-23/h13-16,18H,4-12,24H2,1-3H3. The van der Waals surface area contributed by atoms with Gasteiger partial charge in [0.05, 0.1) is 17.5 Å². The number of nitrogens with two attached hydrogens (primary N) is 1. The third kappa shape index (κ3) is 3.20. The highest BCUT2D eigenvalue weighted by Crippen LogP contribution is 2.60. The molecule has 4 saturated carbocycles. The molecule has 7 nitrogen and oxygen atoms in total. The van der Waals surface area contributed by atoms with Crippen molar-refractivity contribution in [2.24, 2.45) is 28.9 Å². The number of Topliss-reactive ketones (excluding diaryl/α,β-unsaturated/α-hetero) is 1. The summed E-state index contributed by atoms with van der Waals surface area (Å²) in [7, 11) is 0. The van der Waals surface area contributed by atoms with E-state index in [1.165, 1.54) is 19.3 Å². The van der Waals surface area contributed by atoms with Crippen LogP contribution in [0.15, 0.2) is 4.52 Å². The van der Waals surface area contributed by atoms with Crippen molar-refractivity contribution in [1.82, 2.24) is 15.0 Å². The number of ketones is 1. The quantitative estimate of drug-likeness (QED) is 0.760. The summed E-state index contributed by atoms with van der Waals surface area (Å²) in [5.41, 5.74) is 5.81. The first-order valence-corrected chi connectivity index (χ1v) is 11.6. The first-order valence-electron chi connectivity index (χ1n) is 11.6. The average Bonchev–Trinajstić information content (AvgIpc) is 3.34. The Morgan fingerprint density at radius 1 is 1.13 bits per heavy atom. The van der Waals surface area contributed by atoms with Crippen molar-refractivity contribution in [3.63, 3.8) is 0 Å².